The fourth-order valence-corrected chi connectivity index (χ4v) is 4.37. The zero-order valence-electron chi connectivity index (χ0n) is 21.8. The summed E-state index contributed by atoms with van der Waals surface area (Å²) in [5.41, 5.74) is 1.11. The SMILES string of the molecule is CCOc1cc(C=Nn2c(-c3cc4c(OC)cccc4o3)nc3ccccc3c2=O)cc(Cl)c1O[C@@H](C)C(=O)O. The van der Waals surface area contributed by atoms with Gasteiger partial charge < -0.3 is 23.7 Å². The lowest BCUT2D eigenvalue weighted by molar-refractivity contribution is -0.144. The minimum absolute atomic E-state index is 0.0945. The Morgan fingerprint density at radius 3 is 2.70 bits per heavy atom. The Morgan fingerprint density at radius 1 is 1.15 bits per heavy atom. The smallest absolute Gasteiger partial charge is 0.344 e. The van der Waals surface area contributed by atoms with Crippen molar-refractivity contribution in [3.8, 4) is 28.8 Å². The lowest BCUT2D eigenvalue weighted by atomic mass is 10.2. The first-order chi connectivity index (χ1) is 19.3. The van der Waals surface area contributed by atoms with Crippen LogP contribution >= 0.6 is 11.6 Å². The largest absolute Gasteiger partial charge is 0.496 e. The maximum absolute atomic E-state index is 13.6. The van der Waals surface area contributed by atoms with Gasteiger partial charge >= 0.3 is 5.97 Å². The first-order valence-corrected chi connectivity index (χ1v) is 12.7. The van der Waals surface area contributed by atoms with Crippen molar-refractivity contribution in [2.75, 3.05) is 13.7 Å². The number of fused-ring (bicyclic) bond motifs is 2. The topological polar surface area (TPSA) is 125 Å². The third kappa shape index (κ3) is 5.08. The van der Waals surface area contributed by atoms with E-state index in [9.17, 15) is 14.7 Å². The molecule has 0 saturated heterocycles. The summed E-state index contributed by atoms with van der Waals surface area (Å²) in [7, 11) is 1.57. The molecule has 0 spiro atoms. The Labute approximate surface area is 233 Å². The standard InChI is InChI=1S/C29H24ClN3O7/c1-4-38-24-13-17(12-20(30)26(24)39-16(2)29(35)36)15-31-33-27(32-21-9-6-5-8-18(21)28(33)34)25-14-19-22(37-3)10-7-11-23(19)40-25/h5-16H,4H2,1-3H3,(H,35,36)/t16-/m0/s1. The summed E-state index contributed by atoms with van der Waals surface area (Å²) >= 11 is 6.44. The molecule has 0 amide bonds. The van der Waals surface area contributed by atoms with Crippen molar-refractivity contribution in [1.82, 2.24) is 9.66 Å². The molecule has 2 heterocycles. The van der Waals surface area contributed by atoms with Crippen LogP contribution in [0.4, 0.5) is 0 Å². The van der Waals surface area contributed by atoms with E-state index in [1.807, 2.05) is 6.07 Å². The molecule has 0 bridgehead atoms. The van der Waals surface area contributed by atoms with Gasteiger partial charge in [-0.1, -0.05) is 29.8 Å². The maximum Gasteiger partial charge on any atom is 0.344 e. The summed E-state index contributed by atoms with van der Waals surface area (Å²) in [5, 5.41) is 14.9. The molecule has 0 radical (unpaired) electrons. The number of ether oxygens (including phenoxy) is 3. The van der Waals surface area contributed by atoms with E-state index in [1.54, 1.807) is 62.6 Å². The minimum Gasteiger partial charge on any atom is -0.496 e. The van der Waals surface area contributed by atoms with Gasteiger partial charge in [0.2, 0.25) is 5.82 Å². The predicted octanol–water partition coefficient (Wildman–Crippen LogP) is 5.60. The molecule has 5 rings (SSSR count). The number of furan rings is 1. The van der Waals surface area contributed by atoms with E-state index in [0.29, 0.717) is 33.6 Å². The fourth-order valence-electron chi connectivity index (χ4n) is 4.10. The summed E-state index contributed by atoms with van der Waals surface area (Å²) in [4.78, 5) is 29.6. The number of hydrogen-bond donors (Lipinski definition) is 1. The van der Waals surface area contributed by atoms with Crippen LogP contribution < -0.4 is 19.8 Å². The monoisotopic (exact) mass is 561 g/mol. The molecule has 2 aromatic heterocycles. The highest BCUT2D eigenvalue weighted by molar-refractivity contribution is 6.32. The van der Waals surface area contributed by atoms with Crippen LogP contribution in [0.3, 0.4) is 0 Å². The number of aromatic nitrogens is 2. The van der Waals surface area contributed by atoms with Crippen molar-refractivity contribution in [2.24, 2.45) is 5.10 Å². The molecular weight excluding hydrogens is 538 g/mol. The van der Waals surface area contributed by atoms with Gasteiger partial charge in [0.05, 0.1) is 41.2 Å². The first-order valence-electron chi connectivity index (χ1n) is 12.3. The molecule has 0 aliphatic carbocycles. The quantitative estimate of drug-likeness (QED) is 0.230. The summed E-state index contributed by atoms with van der Waals surface area (Å²) in [6, 6.07) is 17.2. The third-order valence-electron chi connectivity index (χ3n) is 6.01. The van der Waals surface area contributed by atoms with Crippen LogP contribution in [-0.2, 0) is 4.79 Å². The van der Waals surface area contributed by atoms with Crippen LogP contribution in [0.2, 0.25) is 5.02 Å². The van der Waals surface area contributed by atoms with Gasteiger partial charge in [-0.15, -0.1) is 0 Å². The molecule has 3 aromatic carbocycles. The van der Waals surface area contributed by atoms with Crippen LogP contribution in [0.15, 0.2) is 75.0 Å². The van der Waals surface area contributed by atoms with Crippen LogP contribution in [0, 0.1) is 0 Å². The number of nitrogens with zero attached hydrogens (tertiary/aromatic N) is 3. The maximum atomic E-state index is 13.6. The number of carbonyl (C=O) groups is 1. The number of carboxylic acid groups (broad SMARTS) is 1. The molecule has 11 heteroatoms. The molecule has 1 N–H and O–H groups in total. The Hall–Kier alpha value is -4.83. The Bertz CT molecular complexity index is 1830. The molecule has 1 atom stereocenters. The summed E-state index contributed by atoms with van der Waals surface area (Å²) in [6.45, 7) is 3.44. The molecular formula is C29H24ClN3O7. The Morgan fingerprint density at radius 2 is 1.95 bits per heavy atom. The zero-order valence-corrected chi connectivity index (χ0v) is 22.5. The second-order valence-electron chi connectivity index (χ2n) is 8.66. The number of carboxylic acids is 1. The van der Waals surface area contributed by atoms with Crippen LogP contribution in [0.25, 0.3) is 33.5 Å². The fraction of sp³-hybridized carbons (Fsp3) is 0.172. The van der Waals surface area contributed by atoms with Gasteiger partial charge in [0.25, 0.3) is 5.56 Å². The van der Waals surface area contributed by atoms with Gasteiger partial charge in [0.1, 0.15) is 11.3 Å². The molecule has 40 heavy (non-hydrogen) atoms. The van der Waals surface area contributed by atoms with E-state index in [2.05, 4.69) is 10.1 Å². The van der Waals surface area contributed by atoms with Gasteiger partial charge in [-0.2, -0.15) is 9.78 Å². The van der Waals surface area contributed by atoms with Gasteiger partial charge in [0, 0.05) is 0 Å². The number of methoxy groups -OCH3 is 1. The van der Waals surface area contributed by atoms with Crippen molar-refractivity contribution in [3.63, 3.8) is 0 Å². The lowest BCUT2D eigenvalue weighted by Gasteiger charge is -2.16. The second-order valence-corrected chi connectivity index (χ2v) is 9.07. The molecule has 0 fully saturated rings. The molecule has 10 nitrogen and oxygen atoms in total. The normalized spacial score (nSPS) is 12.2. The van der Waals surface area contributed by atoms with E-state index >= 15 is 0 Å². The van der Waals surface area contributed by atoms with Crippen LogP contribution in [0.1, 0.15) is 19.4 Å². The molecule has 0 saturated carbocycles. The Balaban J connectivity index is 1.64. The number of hydrogen-bond acceptors (Lipinski definition) is 8. The highest BCUT2D eigenvalue weighted by atomic mass is 35.5. The molecule has 204 valence electrons. The number of benzene rings is 3. The molecule has 0 aliphatic heterocycles. The lowest BCUT2D eigenvalue weighted by Crippen LogP contribution is -2.23. The highest BCUT2D eigenvalue weighted by Crippen LogP contribution is 2.37. The van der Waals surface area contributed by atoms with E-state index in [-0.39, 0.29) is 29.0 Å². The van der Waals surface area contributed by atoms with Crippen molar-refractivity contribution in [1.29, 1.82) is 0 Å². The predicted molar refractivity (Wildman–Crippen MR) is 151 cm³/mol. The number of aliphatic carboxylic acids is 1. The zero-order chi connectivity index (χ0) is 28.4. The summed E-state index contributed by atoms with van der Waals surface area (Å²) in [5.74, 6) is 0.296. The summed E-state index contributed by atoms with van der Waals surface area (Å²) < 4.78 is 23.8. The van der Waals surface area contributed by atoms with E-state index in [4.69, 9.17) is 30.2 Å². The third-order valence-corrected chi connectivity index (χ3v) is 6.29. The number of halogens is 1. The number of para-hydroxylation sites is 1. The van der Waals surface area contributed by atoms with Gasteiger partial charge in [-0.25, -0.2) is 9.78 Å². The number of rotatable bonds is 9. The van der Waals surface area contributed by atoms with Crippen LogP contribution in [0.5, 0.6) is 17.2 Å². The van der Waals surface area contributed by atoms with Crippen molar-refractivity contribution < 1.29 is 28.5 Å². The van der Waals surface area contributed by atoms with E-state index in [1.165, 1.54) is 19.2 Å². The molecule has 5 aromatic rings. The minimum atomic E-state index is -1.15. The van der Waals surface area contributed by atoms with Gasteiger partial charge in [-0.3, -0.25) is 4.79 Å². The Kier molecular flexibility index (Phi) is 7.43. The van der Waals surface area contributed by atoms with Crippen LogP contribution in [-0.4, -0.2) is 46.8 Å². The first kappa shape index (κ1) is 26.8. The molecule has 0 aliphatic rings. The van der Waals surface area contributed by atoms with Gasteiger partial charge in [0.15, 0.2) is 23.4 Å². The van der Waals surface area contributed by atoms with Crippen molar-refractivity contribution in [3.05, 3.63) is 81.6 Å². The highest BCUT2D eigenvalue weighted by Gasteiger charge is 2.20. The van der Waals surface area contributed by atoms with E-state index < -0.39 is 17.6 Å². The van der Waals surface area contributed by atoms with E-state index in [0.717, 1.165) is 10.1 Å². The van der Waals surface area contributed by atoms with Gasteiger partial charge in [-0.05, 0) is 61.9 Å². The van der Waals surface area contributed by atoms with Crippen molar-refractivity contribution >= 4 is 45.7 Å². The molecule has 0 unspecified atom stereocenters. The van der Waals surface area contributed by atoms with Crippen molar-refractivity contribution in [2.45, 2.75) is 20.0 Å². The summed E-state index contributed by atoms with van der Waals surface area (Å²) in [6.07, 6.45) is 0.270. The average Bonchev–Trinajstić information content (AvgIpc) is 3.39. The second kappa shape index (κ2) is 11.1. The average molecular weight is 562 g/mol.